The van der Waals surface area contributed by atoms with Gasteiger partial charge in [0.15, 0.2) is 0 Å². The molecule has 0 aromatic heterocycles. The third kappa shape index (κ3) is 3.64. The van der Waals surface area contributed by atoms with Crippen LogP contribution in [0.2, 0.25) is 5.02 Å². The summed E-state index contributed by atoms with van der Waals surface area (Å²) in [5.74, 6) is 0.430. The van der Waals surface area contributed by atoms with Gasteiger partial charge >= 0.3 is 0 Å². The number of amides is 1. The lowest BCUT2D eigenvalue weighted by molar-refractivity contribution is 0.0741. The van der Waals surface area contributed by atoms with E-state index in [9.17, 15) is 9.90 Å². The summed E-state index contributed by atoms with van der Waals surface area (Å²) in [6.45, 7) is 7.61. The Bertz CT molecular complexity index is 420. The van der Waals surface area contributed by atoms with E-state index in [0.717, 1.165) is 13.0 Å². The van der Waals surface area contributed by atoms with Crippen LogP contribution in [0.15, 0.2) is 18.2 Å². The number of hydrogen-bond donors (Lipinski definition) is 1. The molecule has 3 nitrogen and oxygen atoms in total. The van der Waals surface area contributed by atoms with Gasteiger partial charge in [-0.3, -0.25) is 4.79 Å². The number of aromatic hydroxyl groups is 1. The molecule has 0 spiro atoms. The molecule has 0 fully saturated rings. The van der Waals surface area contributed by atoms with Gasteiger partial charge in [0, 0.05) is 18.7 Å². The standard InChI is InChI=1S/C14H20ClNO2/c1-4-10(3)9-16(5-2)14(18)11-6-7-13(17)12(15)8-11/h6-8,10,17H,4-5,9H2,1-3H3. The van der Waals surface area contributed by atoms with Crippen LogP contribution in [0.25, 0.3) is 0 Å². The largest absolute Gasteiger partial charge is 0.506 e. The second-order valence-corrected chi connectivity index (χ2v) is 4.93. The van der Waals surface area contributed by atoms with E-state index >= 15 is 0 Å². The monoisotopic (exact) mass is 269 g/mol. The fraction of sp³-hybridized carbons (Fsp3) is 0.500. The van der Waals surface area contributed by atoms with Gasteiger partial charge in [0.05, 0.1) is 5.02 Å². The third-order valence-corrected chi connectivity index (χ3v) is 3.40. The lowest BCUT2D eigenvalue weighted by Crippen LogP contribution is -2.34. The van der Waals surface area contributed by atoms with E-state index in [1.165, 1.54) is 12.1 Å². The second-order valence-electron chi connectivity index (χ2n) is 4.52. The average Bonchev–Trinajstić information content (AvgIpc) is 2.38. The van der Waals surface area contributed by atoms with Crippen LogP contribution in [0.5, 0.6) is 5.75 Å². The molecule has 1 aromatic rings. The van der Waals surface area contributed by atoms with Gasteiger partial charge < -0.3 is 10.0 Å². The predicted molar refractivity (Wildman–Crippen MR) is 74.1 cm³/mol. The number of carbonyl (C=O) groups is 1. The number of halogens is 1. The molecular weight excluding hydrogens is 250 g/mol. The Morgan fingerprint density at radius 1 is 1.44 bits per heavy atom. The molecule has 0 radical (unpaired) electrons. The highest BCUT2D eigenvalue weighted by Crippen LogP contribution is 2.24. The van der Waals surface area contributed by atoms with E-state index in [1.807, 2.05) is 6.92 Å². The molecule has 1 amide bonds. The first-order valence-electron chi connectivity index (χ1n) is 6.27. The minimum Gasteiger partial charge on any atom is -0.506 e. The summed E-state index contributed by atoms with van der Waals surface area (Å²) in [5.41, 5.74) is 0.517. The SMILES string of the molecule is CCC(C)CN(CC)C(=O)c1ccc(O)c(Cl)c1. The molecule has 1 unspecified atom stereocenters. The van der Waals surface area contributed by atoms with Gasteiger partial charge in [-0.2, -0.15) is 0 Å². The van der Waals surface area contributed by atoms with Crippen molar-refractivity contribution in [1.82, 2.24) is 4.90 Å². The quantitative estimate of drug-likeness (QED) is 0.888. The normalized spacial score (nSPS) is 12.2. The summed E-state index contributed by atoms with van der Waals surface area (Å²) in [6, 6.07) is 4.56. The summed E-state index contributed by atoms with van der Waals surface area (Å²) >= 11 is 5.82. The minimum absolute atomic E-state index is 0.00167. The van der Waals surface area contributed by atoms with Crippen LogP contribution in [0.1, 0.15) is 37.6 Å². The zero-order chi connectivity index (χ0) is 13.7. The first-order valence-corrected chi connectivity index (χ1v) is 6.65. The fourth-order valence-corrected chi connectivity index (χ4v) is 1.86. The predicted octanol–water partition coefficient (Wildman–Crippen LogP) is 3.55. The van der Waals surface area contributed by atoms with Crippen molar-refractivity contribution in [2.45, 2.75) is 27.2 Å². The number of rotatable bonds is 5. The highest BCUT2D eigenvalue weighted by Gasteiger charge is 2.17. The first-order chi connectivity index (χ1) is 8.49. The van der Waals surface area contributed by atoms with Gasteiger partial charge in [-0.1, -0.05) is 31.9 Å². The molecule has 0 aliphatic rings. The average molecular weight is 270 g/mol. The summed E-state index contributed by atoms with van der Waals surface area (Å²) in [6.07, 6.45) is 1.04. The highest BCUT2D eigenvalue weighted by atomic mass is 35.5. The van der Waals surface area contributed by atoms with E-state index < -0.39 is 0 Å². The van der Waals surface area contributed by atoms with Crippen molar-refractivity contribution < 1.29 is 9.90 Å². The van der Waals surface area contributed by atoms with Crippen molar-refractivity contribution in [2.24, 2.45) is 5.92 Å². The van der Waals surface area contributed by atoms with Gasteiger partial charge in [-0.05, 0) is 31.0 Å². The van der Waals surface area contributed by atoms with Crippen LogP contribution in [0.4, 0.5) is 0 Å². The molecule has 0 aliphatic carbocycles. The third-order valence-electron chi connectivity index (χ3n) is 3.09. The summed E-state index contributed by atoms with van der Waals surface area (Å²) in [7, 11) is 0. The lowest BCUT2D eigenvalue weighted by Gasteiger charge is -2.24. The van der Waals surface area contributed by atoms with Crippen LogP contribution >= 0.6 is 11.6 Å². The van der Waals surface area contributed by atoms with Crippen molar-refractivity contribution >= 4 is 17.5 Å². The highest BCUT2D eigenvalue weighted by molar-refractivity contribution is 6.32. The van der Waals surface area contributed by atoms with E-state index in [1.54, 1.807) is 11.0 Å². The van der Waals surface area contributed by atoms with Gasteiger partial charge in [0.25, 0.3) is 5.91 Å². The van der Waals surface area contributed by atoms with Crippen molar-refractivity contribution in [3.63, 3.8) is 0 Å². The van der Waals surface area contributed by atoms with E-state index in [-0.39, 0.29) is 16.7 Å². The molecule has 0 saturated heterocycles. The molecule has 0 aliphatic heterocycles. The molecular formula is C14H20ClNO2. The van der Waals surface area contributed by atoms with Crippen molar-refractivity contribution in [3.05, 3.63) is 28.8 Å². The number of hydrogen-bond acceptors (Lipinski definition) is 2. The maximum atomic E-state index is 12.3. The Morgan fingerprint density at radius 3 is 2.61 bits per heavy atom. The van der Waals surface area contributed by atoms with Gasteiger partial charge in [0.2, 0.25) is 0 Å². The topological polar surface area (TPSA) is 40.5 Å². The minimum atomic E-state index is -0.0419. The zero-order valence-electron chi connectivity index (χ0n) is 11.1. The molecule has 0 saturated carbocycles. The first kappa shape index (κ1) is 14.8. The Hall–Kier alpha value is -1.22. The molecule has 100 valence electrons. The Kier molecular flexibility index (Phi) is 5.48. The van der Waals surface area contributed by atoms with E-state index in [0.29, 0.717) is 18.0 Å². The van der Waals surface area contributed by atoms with Gasteiger partial charge in [-0.25, -0.2) is 0 Å². The molecule has 18 heavy (non-hydrogen) atoms. The van der Waals surface area contributed by atoms with Crippen molar-refractivity contribution in [3.8, 4) is 5.75 Å². The molecule has 0 bridgehead atoms. The van der Waals surface area contributed by atoms with Crippen LogP contribution in [-0.4, -0.2) is 29.0 Å². The molecule has 1 rings (SSSR count). The summed E-state index contributed by atoms with van der Waals surface area (Å²) in [5, 5.41) is 9.56. The number of phenols is 1. The zero-order valence-corrected chi connectivity index (χ0v) is 11.9. The molecule has 0 heterocycles. The van der Waals surface area contributed by atoms with Gasteiger partial charge in [0.1, 0.15) is 5.75 Å². The van der Waals surface area contributed by atoms with Crippen LogP contribution in [0, 0.1) is 5.92 Å². The number of phenolic OH excluding ortho intramolecular Hbond substituents is 1. The Morgan fingerprint density at radius 2 is 2.11 bits per heavy atom. The van der Waals surface area contributed by atoms with Crippen molar-refractivity contribution in [1.29, 1.82) is 0 Å². The Labute approximate surface area is 113 Å². The van der Waals surface area contributed by atoms with Crippen LogP contribution in [-0.2, 0) is 0 Å². The lowest BCUT2D eigenvalue weighted by atomic mass is 10.1. The molecule has 1 N–H and O–H groups in total. The maximum absolute atomic E-state index is 12.3. The number of nitrogens with zero attached hydrogens (tertiary/aromatic N) is 1. The van der Waals surface area contributed by atoms with Crippen LogP contribution < -0.4 is 0 Å². The van der Waals surface area contributed by atoms with Crippen LogP contribution in [0.3, 0.4) is 0 Å². The molecule has 4 heteroatoms. The number of benzene rings is 1. The number of carbonyl (C=O) groups excluding carboxylic acids is 1. The van der Waals surface area contributed by atoms with E-state index in [4.69, 9.17) is 11.6 Å². The fourth-order valence-electron chi connectivity index (χ4n) is 1.68. The van der Waals surface area contributed by atoms with Crippen molar-refractivity contribution in [2.75, 3.05) is 13.1 Å². The van der Waals surface area contributed by atoms with E-state index in [2.05, 4.69) is 13.8 Å². The smallest absolute Gasteiger partial charge is 0.253 e. The second kappa shape index (κ2) is 6.64. The Balaban J connectivity index is 2.86. The summed E-state index contributed by atoms with van der Waals surface area (Å²) in [4.78, 5) is 14.1. The maximum Gasteiger partial charge on any atom is 0.253 e. The molecule has 1 aromatic carbocycles. The molecule has 1 atom stereocenters. The summed E-state index contributed by atoms with van der Waals surface area (Å²) < 4.78 is 0. The van der Waals surface area contributed by atoms with Gasteiger partial charge in [-0.15, -0.1) is 0 Å².